The summed E-state index contributed by atoms with van der Waals surface area (Å²) in [7, 11) is 1.55. The number of hydrogen-bond acceptors (Lipinski definition) is 6. The van der Waals surface area contributed by atoms with Crippen LogP contribution in [0.5, 0.6) is 5.75 Å². The van der Waals surface area contributed by atoms with E-state index >= 15 is 0 Å². The molecule has 0 saturated carbocycles. The molecule has 0 amide bonds. The van der Waals surface area contributed by atoms with E-state index in [9.17, 15) is 13.2 Å². The van der Waals surface area contributed by atoms with Gasteiger partial charge in [-0.2, -0.15) is 13.2 Å². The average Bonchev–Trinajstić information content (AvgIpc) is 3.48. The molecule has 1 aromatic heterocycles. The van der Waals surface area contributed by atoms with Crippen LogP contribution in [0.2, 0.25) is 0 Å². The molecular weight excluding hydrogens is 471 g/mol. The first-order chi connectivity index (χ1) is 16.3. The number of rotatable bonds is 8. The lowest BCUT2D eigenvalue weighted by Crippen LogP contribution is -2.17. The van der Waals surface area contributed by atoms with E-state index in [4.69, 9.17) is 25.5 Å². The van der Waals surface area contributed by atoms with E-state index in [-0.39, 0.29) is 0 Å². The van der Waals surface area contributed by atoms with Crippen LogP contribution in [0.25, 0.3) is 11.3 Å². The van der Waals surface area contributed by atoms with Crippen molar-refractivity contribution in [3.63, 3.8) is 0 Å². The van der Waals surface area contributed by atoms with E-state index in [1.165, 1.54) is 6.07 Å². The molecule has 0 spiro atoms. The fourth-order valence-corrected chi connectivity index (χ4v) is 3.96. The third kappa shape index (κ3) is 5.14. The number of benzene rings is 2. The van der Waals surface area contributed by atoms with Crippen molar-refractivity contribution in [2.75, 3.05) is 13.0 Å². The molecule has 4 rings (SSSR count). The maximum absolute atomic E-state index is 13.3. The number of oxazole rings is 1. The molecule has 2 atom stereocenters. The second-order valence-electron chi connectivity index (χ2n) is 7.79. The van der Waals surface area contributed by atoms with Gasteiger partial charge in [-0.25, -0.2) is 4.98 Å². The van der Waals surface area contributed by atoms with Crippen molar-refractivity contribution in [1.82, 2.24) is 10.4 Å². The highest BCUT2D eigenvalue weighted by Crippen LogP contribution is 2.37. The van der Waals surface area contributed by atoms with Gasteiger partial charge in [0, 0.05) is 18.4 Å². The number of aromatic nitrogens is 1. The largest absolute Gasteiger partial charge is 0.496 e. The monoisotopic (exact) mass is 493 g/mol. The summed E-state index contributed by atoms with van der Waals surface area (Å²) in [4.78, 5) is 4.11. The molecular formula is C24H23ClF3N3O3. The Kier molecular flexibility index (Phi) is 7.02. The zero-order valence-corrected chi connectivity index (χ0v) is 19.3. The Morgan fingerprint density at radius 2 is 2.03 bits per heavy atom. The van der Waals surface area contributed by atoms with E-state index in [1.54, 1.807) is 32.4 Å². The first-order valence-electron chi connectivity index (χ1n) is 10.6. The number of methoxy groups -OCH3 is 1. The first kappa shape index (κ1) is 23.9. The van der Waals surface area contributed by atoms with Crippen LogP contribution < -0.4 is 10.2 Å². The van der Waals surface area contributed by atoms with Crippen LogP contribution in [0.3, 0.4) is 0 Å². The number of hydrazone groups is 1. The minimum atomic E-state index is -4.44. The lowest BCUT2D eigenvalue weighted by molar-refractivity contribution is -0.137. The Bertz CT molecular complexity index is 1180. The number of nitrogens with zero attached hydrogens (tertiary/aromatic N) is 2. The zero-order valence-electron chi connectivity index (χ0n) is 18.5. The van der Waals surface area contributed by atoms with Crippen molar-refractivity contribution in [1.29, 1.82) is 0 Å². The van der Waals surface area contributed by atoms with Crippen molar-refractivity contribution in [2.24, 2.45) is 5.10 Å². The zero-order chi connectivity index (χ0) is 24.3. The molecule has 0 bridgehead atoms. The molecule has 1 aliphatic heterocycles. The van der Waals surface area contributed by atoms with Gasteiger partial charge in [0.2, 0.25) is 12.1 Å². The highest BCUT2D eigenvalue weighted by molar-refractivity contribution is 6.17. The molecule has 6 nitrogen and oxygen atoms in total. The van der Waals surface area contributed by atoms with Gasteiger partial charge in [-0.05, 0) is 36.6 Å². The Morgan fingerprint density at radius 1 is 1.21 bits per heavy atom. The van der Waals surface area contributed by atoms with Gasteiger partial charge in [-0.1, -0.05) is 24.3 Å². The Labute approximate surface area is 199 Å². The van der Waals surface area contributed by atoms with Crippen molar-refractivity contribution >= 4 is 17.5 Å². The average molecular weight is 494 g/mol. The first-order valence-corrected chi connectivity index (χ1v) is 11.2. The number of alkyl halides is 4. The Hall–Kier alpha value is -3.20. The van der Waals surface area contributed by atoms with E-state index in [0.717, 1.165) is 23.3 Å². The quantitative estimate of drug-likeness (QED) is 0.367. The van der Waals surface area contributed by atoms with E-state index < -0.39 is 23.9 Å². The van der Waals surface area contributed by atoms with Crippen molar-refractivity contribution in [3.05, 3.63) is 71.2 Å². The third-order valence-electron chi connectivity index (χ3n) is 5.49. The summed E-state index contributed by atoms with van der Waals surface area (Å²) >= 11 is 5.87. The molecule has 0 saturated heterocycles. The van der Waals surface area contributed by atoms with E-state index in [2.05, 4.69) is 15.5 Å². The summed E-state index contributed by atoms with van der Waals surface area (Å²) in [6, 6.07) is 10.7. The Balaban J connectivity index is 1.57. The molecule has 10 heteroatoms. The normalized spacial score (nSPS) is 16.5. The van der Waals surface area contributed by atoms with Crippen molar-refractivity contribution < 1.29 is 27.1 Å². The van der Waals surface area contributed by atoms with Gasteiger partial charge >= 0.3 is 6.18 Å². The van der Waals surface area contributed by atoms with Gasteiger partial charge in [0.15, 0.2) is 11.7 Å². The number of ether oxygens (including phenoxy) is 2. The molecule has 2 heterocycles. The van der Waals surface area contributed by atoms with Crippen molar-refractivity contribution in [2.45, 2.75) is 38.1 Å². The molecule has 2 unspecified atom stereocenters. The molecule has 0 fully saturated rings. The summed E-state index contributed by atoms with van der Waals surface area (Å²) in [6.45, 7) is 1.75. The highest BCUT2D eigenvalue weighted by Gasteiger charge is 2.33. The molecule has 180 valence electrons. The number of halogens is 4. The number of hydrogen-bond donors (Lipinski definition) is 1. The second-order valence-corrected chi connectivity index (χ2v) is 8.17. The van der Waals surface area contributed by atoms with Gasteiger partial charge in [-0.3, -0.25) is 5.43 Å². The predicted molar refractivity (Wildman–Crippen MR) is 122 cm³/mol. The summed E-state index contributed by atoms with van der Waals surface area (Å²) in [5, 5.41) is 4.31. The van der Waals surface area contributed by atoms with Gasteiger partial charge in [-0.15, -0.1) is 16.7 Å². The third-order valence-corrected chi connectivity index (χ3v) is 5.75. The van der Waals surface area contributed by atoms with Gasteiger partial charge in [0.1, 0.15) is 5.75 Å². The molecule has 3 aromatic rings. The lowest BCUT2D eigenvalue weighted by atomic mass is 9.92. The van der Waals surface area contributed by atoms with Crippen LogP contribution in [0.15, 0.2) is 58.2 Å². The molecule has 1 N–H and O–H groups in total. The summed E-state index contributed by atoms with van der Waals surface area (Å²) in [5.41, 5.74) is 4.14. The lowest BCUT2D eigenvalue weighted by Gasteiger charge is -2.20. The molecule has 34 heavy (non-hydrogen) atoms. The minimum absolute atomic E-state index is 0.309. The fraction of sp³-hybridized carbons (Fsp3) is 0.333. The topological polar surface area (TPSA) is 68.9 Å². The molecule has 1 aliphatic rings. The van der Waals surface area contributed by atoms with Crippen LogP contribution in [-0.2, 0) is 10.9 Å². The maximum Gasteiger partial charge on any atom is 0.416 e. The summed E-state index contributed by atoms with van der Waals surface area (Å²) in [6.07, 6.45) is -2.36. The van der Waals surface area contributed by atoms with Crippen molar-refractivity contribution in [3.8, 4) is 17.1 Å². The predicted octanol–water partition coefficient (Wildman–Crippen LogP) is 6.41. The van der Waals surface area contributed by atoms with Gasteiger partial charge in [0.25, 0.3) is 0 Å². The standard InChI is InChI=1S/C24H23ClF3N3O3/c1-14-29-13-21(33-14)19-9-8-16(12-20(19)32-2)22-30-31-23(34-22)18(7-4-10-25)15-5-3-6-17(11-15)24(26,27)28/h3,5-6,8-9,11-13,18,22,30H,4,7,10H2,1-2H3. The minimum Gasteiger partial charge on any atom is -0.496 e. The van der Waals surface area contributed by atoms with Crippen LogP contribution in [0.1, 0.15) is 47.6 Å². The molecule has 2 aromatic carbocycles. The SMILES string of the molecule is COc1cc(C2NN=C(C(CCCCl)c3cccc(C(F)(F)F)c3)O2)ccc1-c1cnc(C)o1. The smallest absolute Gasteiger partial charge is 0.416 e. The van der Waals surface area contributed by atoms with Crippen LogP contribution in [0.4, 0.5) is 13.2 Å². The highest BCUT2D eigenvalue weighted by atomic mass is 35.5. The summed E-state index contributed by atoms with van der Waals surface area (Å²) in [5.74, 6) is 1.88. The fourth-order valence-electron chi connectivity index (χ4n) is 3.80. The van der Waals surface area contributed by atoms with Crippen LogP contribution >= 0.6 is 11.6 Å². The maximum atomic E-state index is 13.3. The van der Waals surface area contributed by atoms with E-state index in [1.807, 2.05) is 12.1 Å². The van der Waals surface area contributed by atoms with Gasteiger partial charge < -0.3 is 13.9 Å². The number of nitrogens with one attached hydrogen (secondary N) is 1. The molecule has 0 aliphatic carbocycles. The van der Waals surface area contributed by atoms with Crippen LogP contribution in [0, 0.1) is 6.92 Å². The van der Waals surface area contributed by atoms with Crippen LogP contribution in [-0.4, -0.2) is 23.9 Å². The van der Waals surface area contributed by atoms with E-state index in [0.29, 0.717) is 47.6 Å². The Morgan fingerprint density at radius 3 is 2.71 bits per heavy atom. The summed E-state index contributed by atoms with van der Waals surface area (Å²) < 4.78 is 56.9. The molecule has 0 radical (unpaired) electrons. The second kappa shape index (κ2) is 9.97. The van der Waals surface area contributed by atoms with Gasteiger partial charge in [0.05, 0.1) is 30.4 Å². The number of aryl methyl sites for hydroxylation is 1.